The Morgan fingerprint density at radius 3 is 2.72 bits per heavy atom. The van der Waals surface area contributed by atoms with Gasteiger partial charge in [0.15, 0.2) is 0 Å². The first-order chi connectivity index (χ1) is 8.63. The maximum Gasteiger partial charge on any atom is 0.316 e. The average Bonchev–Trinajstić information content (AvgIpc) is 2.34. The van der Waals surface area contributed by atoms with E-state index in [1.54, 1.807) is 24.3 Å². The fraction of sp³-hybridized carbons (Fsp3) is 0.333. The van der Waals surface area contributed by atoms with Gasteiger partial charge in [0.1, 0.15) is 0 Å². The molecule has 0 radical (unpaired) electrons. The number of nitrogens with one attached hydrogen (secondary N) is 3. The molecular formula is C12H18N4O2. The third-order valence-corrected chi connectivity index (χ3v) is 2.23. The zero-order chi connectivity index (χ0) is 13.4. The van der Waals surface area contributed by atoms with Gasteiger partial charge >= 0.3 is 6.03 Å². The highest BCUT2D eigenvalue weighted by molar-refractivity contribution is 5.96. The van der Waals surface area contributed by atoms with Crippen molar-refractivity contribution in [1.82, 2.24) is 10.6 Å². The van der Waals surface area contributed by atoms with Gasteiger partial charge in [0, 0.05) is 24.3 Å². The molecule has 0 saturated carbocycles. The van der Waals surface area contributed by atoms with Gasteiger partial charge in [0.25, 0.3) is 5.91 Å². The third kappa shape index (κ3) is 4.84. The molecule has 1 aromatic carbocycles. The Hall–Kier alpha value is -2.08. The Labute approximate surface area is 106 Å². The van der Waals surface area contributed by atoms with Crippen molar-refractivity contribution in [3.63, 3.8) is 0 Å². The molecule has 0 heterocycles. The van der Waals surface area contributed by atoms with Crippen LogP contribution in [0.3, 0.4) is 0 Å². The van der Waals surface area contributed by atoms with Crippen LogP contribution in [0.15, 0.2) is 24.3 Å². The molecule has 0 spiro atoms. The summed E-state index contributed by atoms with van der Waals surface area (Å²) in [6.07, 6.45) is 0. The van der Waals surface area contributed by atoms with E-state index in [2.05, 4.69) is 16.0 Å². The highest BCUT2D eigenvalue weighted by Gasteiger charge is 2.05. The summed E-state index contributed by atoms with van der Waals surface area (Å²) in [4.78, 5) is 22.5. The van der Waals surface area contributed by atoms with E-state index < -0.39 is 6.03 Å². The predicted octanol–water partition coefficient (Wildman–Crippen LogP) is 0.516. The van der Waals surface area contributed by atoms with Gasteiger partial charge in [-0.1, -0.05) is 13.0 Å². The van der Waals surface area contributed by atoms with Crippen molar-refractivity contribution >= 4 is 17.6 Å². The molecule has 0 saturated heterocycles. The van der Waals surface area contributed by atoms with Crippen molar-refractivity contribution in [2.75, 3.05) is 25.0 Å². The van der Waals surface area contributed by atoms with Crippen LogP contribution in [-0.2, 0) is 0 Å². The number of urea groups is 1. The lowest BCUT2D eigenvalue weighted by Gasteiger charge is -2.07. The van der Waals surface area contributed by atoms with Crippen LogP contribution < -0.4 is 21.7 Å². The van der Waals surface area contributed by atoms with Gasteiger partial charge in [0.05, 0.1) is 0 Å². The molecule has 0 atom stereocenters. The van der Waals surface area contributed by atoms with Crippen LogP contribution in [0, 0.1) is 0 Å². The molecule has 18 heavy (non-hydrogen) atoms. The number of carbonyl (C=O) groups excluding carboxylic acids is 2. The molecule has 0 fully saturated rings. The molecule has 6 nitrogen and oxygen atoms in total. The number of hydrogen-bond acceptors (Lipinski definition) is 3. The number of benzene rings is 1. The zero-order valence-corrected chi connectivity index (χ0v) is 10.3. The highest BCUT2D eigenvalue weighted by atomic mass is 16.2. The SMILES string of the molecule is CCNCCNC(=O)c1cccc(NC(N)=O)c1. The van der Waals surface area contributed by atoms with Gasteiger partial charge in [-0.25, -0.2) is 4.79 Å². The first-order valence-corrected chi connectivity index (χ1v) is 5.79. The van der Waals surface area contributed by atoms with E-state index in [0.717, 1.165) is 13.1 Å². The van der Waals surface area contributed by atoms with E-state index in [9.17, 15) is 9.59 Å². The minimum absolute atomic E-state index is 0.180. The number of amides is 3. The fourth-order valence-corrected chi connectivity index (χ4v) is 1.42. The second kappa shape index (κ2) is 7.29. The summed E-state index contributed by atoms with van der Waals surface area (Å²) in [5.41, 5.74) is 5.99. The summed E-state index contributed by atoms with van der Waals surface area (Å²) in [6.45, 7) is 4.15. The summed E-state index contributed by atoms with van der Waals surface area (Å²) < 4.78 is 0. The summed E-state index contributed by atoms with van der Waals surface area (Å²) in [7, 11) is 0. The Bertz CT molecular complexity index is 420. The van der Waals surface area contributed by atoms with E-state index in [1.807, 2.05) is 6.92 Å². The molecule has 0 unspecified atom stereocenters. The smallest absolute Gasteiger partial charge is 0.316 e. The molecule has 1 aromatic rings. The highest BCUT2D eigenvalue weighted by Crippen LogP contribution is 2.10. The number of hydrogen-bond donors (Lipinski definition) is 4. The van der Waals surface area contributed by atoms with E-state index >= 15 is 0 Å². The van der Waals surface area contributed by atoms with Crippen LogP contribution in [-0.4, -0.2) is 31.6 Å². The minimum Gasteiger partial charge on any atom is -0.351 e. The van der Waals surface area contributed by atoms with Crippen LogP contribution in [0.1, 0.15) is 17.3 Å². The standard InChI is InChI=1S/C12H18N4O2/c1-2-14-6-7-15-11(17)9-4-3-5-10(8-9)16-12(13)18/h3-5,8,14H,2,6-7H2,1H3,(H,15,17)(H3,13,16,18). The number of rotatable bonds is 6. The van der Waals surface area contributed by atoms with Crippen molar-refractivity contribution in [2.24, 2.45) is 5.73 Å². The van der Waals surface area contributed by atoms with Crippen LogP contribution in [0.25, 0.3) is 0 Å². The topological polar surface area (TPSA) is 96.2 Å². The third-order valence-electron chi connectivity index (χ3n) is 2.23. The largest absolute Gasteiger partial charge is 0.351 e. The molecule has 1 rings (SSSR count). The summed E-state index contributed by atoms with van der Waals surface area (Å²) in [6, 6.07) is 5.95. The number of likely N-dealkylation sites (N-methyl/N-ethyl adjacent to an activating group) is 1. The normalized spacial score (nSPS) is 9.83. The van der Waals surface area contributed by atoms with Crippen molar-refractivity contribution in [1.29, 1.82) is 0 Å². The second-order valence-electron chi connectivity index (χ2n) is 3.68. The number of primary amides is 1. The van der Waals surface area contributed by atoms with Gasteiger partial charge in [0.2, 0.25) is 0 Å². The van der Waals surface area contributed by atoms with Crippen LogP contribution in [0.2, 0.25) is 0 Å². The molecule has 0 aromatic heterocycles. The molecule has 0 aliphatic carbocycles. The minimum atomic E-state index is -0.653. The van der Waals surface area contributed by atoms with E-state index in [1.165, 1.54) is 0 Å². The maximum atomic E-state index is 11.8. The zero-order valence-electron chi connectivity index (χ0n) is 10.3. The lowest BCUT2D eigenvalue weighted by Crippen LogP contribution is -2.31. The molecule has 0 bridgehead atoms. The molecule has 0 aliphatic heterocycles. The second-order valence-corrected chi connectivity index (χ2v) is 3.68. The molecule has 3 amide bonds. The van der Waals surface area contributed by atoms with Crippen molar-refractivity contribution in [2.45, 2.75) is 6.92 Å². The Morgan fingerprint density at radius 2 is 2.06 bits per heavy atom. The Balaban J connectivity index is 2.54. The molecular weight excluding hydrogens is 232 g/mol. The van der Waals surface area contributed by atoms with E-state index in [4.69, 9.17) is 5.73 Å². The monoisotopic (exact) mass is 250 g/mol. The lowest BCUT2D eigenvalue weighted by molar-refractivity contribution is 0.0954. The molecule has 98 valence electrons. The van der Waals surface area contributed by atoms with Gasteiger partial charge in [-0.2, -0.15) is 0 Å². The van der Waals surface area contributed by atoms with Crippen LogP contribution in [0.5, 0.6) is 0 Å². The van der Waals surface area contributed by atoms with Gasteiger partial charge in [-0.15, -0.1) is 0 Å². The first kappa shape index (κ1) is 14.0. The molecule has 0 aliphatic rings. The summed E-state index contributed by atoms with van der Waals surface area (Å²) in [5.74, 6) is -0.180. The average molecular weight is 250 g/mol. The quantitative estimate of drug-likeness (QED) is 0.554. The molecule has 6 heteroatoms. The predicted molar refractivity (Wildman–Crippen MR) is 70.5 cm³/mol. The van der Waals surface area contributed by atoms with Crippen LogP contribution in [0.4, 0.5) is 10.5 Å². The van der Waals surface area contributed by atoms with Gasteiger partial charge in [-0.3, -0.25) is 4.79 Å². The van der Waals surface area contributed by atoms with Crippen LogP contribution >= 0.6 is 0 Å². The van der Waals surface area contributed by atoms with E-state index in [0.29, 0.717) is 17.8 Å². The van der Waals surface area contributed by atoms with Crippen molar-refractivity contribution < 1.29 is 9.59 Å². The van der Waals surface area contributed by atoms with Crippen molar-refractivity contribution in [3.8, 4) is 0 Å². The molecule has 5 N–H and O–H groups in total. The first-order valence-electron chi connectivity index (χ1n) is 5.79. The fourth-order valence-electron chi connectivity index (χ4n) is 1.42. The van der Waals surface area contributed by atoms with E-state index in [-0.39, 0.29) is 5.91 Å². The van der Waals surface area contributed by atoms with Crippen molar-refractivity contribution in [3.05, 3.63) is 29.8 Å². The van der Waals surface area contributed by atoms with Gasteiger partial charge < -0.3 is 21.7 Å². The number of nitrogens with two attached hydrogens (primary N) is 1. The lowest BCUT2D eigenvalue weighted by atomic mass is 10.2. The Kier molecular flexibility index (Phi) is 5.66. The number of carbonyl (C=O) groups is 2. The maximum absolute atomic E-state index is 11.8. The Morgan fingerprint density at radius 1 is 1.28 bits per heavy atom. The summed E-state index contributed by atoms with van der Waals surface area (Å²) in [5, 5.41) is 8.30. The summed E-state index contributed by atoms with van der Waals surface area (Å²) >= 11 is 0. The van der Waals surface area contributed by atoms with Gasteiger partial charge in [-0.05, 0) is 24.7 Å². The number of anilines is 1.